The van der Waals surface area contributed by atoms with Gasteiger partial charge in [-0.05, 0) is 19.1 Å². The summed E-state index contributed by atoms with van der Waals surface area (Å²) in [7, 11) is 1.39. The molecule has 0 bridgehead atoms. The van der Waals surface area contributed by atoms with Crippen molar-refractivity contribution in [3.8, 4) is 11.4 Å². The van der Waals surface area contributed by atoms with Gasteiger partial charge in [-0.25, -0.2) is 9.48 Å². The molecule has 0 aliphatic rings. The van der Waals surface area contributed by atoms with Gasteiger partial charge >= 0.3 is 12.1 Å². The molecular weight excluding hydrogens is 301 g/mol. The van der Waals surface area contributed by atoms with Crippen molar-refractivity contribution in [3.05, 3.63) is 41.7 Å². The summed E-state index contributed by atoms with van der Waals surface area (Å²) in [5.41, 5.74) is -1.65. The molecule has 0 unspecified atom stereocenters. The minimum atomic E-state index is -4.77. The molecule has 0 radical (unpaired) electrons. The molecule has 2 aromatic rings. The highest BCUT2D eigenvalue weighted by molar-refractivity contribution is 5.90. The van der Waals surface area contributed by atoms with Crippen LogP contribution in [0.2, 0.25) is 0 Å². The van der Waals surface area contributed by atoms with E-state index in [1.54, 1.807) is 18.2 Å². The van der Waals surface area contributed by atoms with Crippen molar-refractivity contribution in [3.63, 3.8) is 0 Å². The Labute approximate surface area is 124 Å². The molecule has 22 heavy (non-hydrogen) atoms. The maximum atomic E-state index is 13.0. The molecular formula is C14H13F3N2O3. The number of aromatic nitrogens is 2. The maximum Gasteiger partial charge on any atom is 0.436 e. The Morgan fingerprint density at radius 2 is 2.00 bits per heavy atom. The number of rotatable bonds is 4. The van der Waals surface area contributed by atoms with Crippen molar-refractivity contribution < 1.29 is 27.4 Å². The molecule has 1 aromatic heterocycles. The first kappa shape index (κ1) is 15.9. The van der Waals surface area contributed by atoms with E-state index in [9.17, 15) is 18.0 Å². The lowest BCUT2D eigenvalue weighted by molar-refractivity contribution is -0.141. The summed E-state index contributed by atoms with van der Waals surface area (Å²) >= 11 is 0. The highest BCUT2D eigenvalue weighted by atomic mass is 19.4. The number of benzene rings is 1. The van der Waals surface area contributed by atoms with Gasteiger partial charge in [-0.1, -0.05) is 12.1 Å². The fraction of sp³-hybridized carbons (Fsp3) is 0.286. The van der Waals surface area contributed by atoms with Gasteiger partial charge in [-0.3, -0.25) is 0 Å². The largest absolute Gasteiger partial charge is 0.494 e. The minimum Gasteiger partial charge on any atom is -0.494 e. The number of nitrogens with zero attached hydrogens (tertiary/aromatic N) is 2. The number of hydrogen-bond donors (Lipinski definition) is 0. The summed E-state index contributed by atoms with van der Waals surface area (Å²) in [6.45, 7) is 1.48. The van der Waals surface area contributed by atoms with Gasteiger partial charge in [0.25, 0.3) is 0 Å². The standard InChI is InChI=1S/C14H13F3N2O3/c1-3-22-13(20)9-8-19(18-12(9)14(15,16)17)10-6-4-5-7-11(10)21-2/h4-8H,3H2,1-2H3. The zero-order valence-electron chi connectivity index (χ0n) is 11.8. The van der Waals surface area contributed by atoms with E-state index in [4.69, 9.17) is 4.74 Å². The van der Waals surface area contributed by atoms with Crippen LogP contribution in [0.3, 0.4) is 0 Å². The third kappa shape index (κ3) is 3.05. The molecule has 0 saturated carbocycles. The second kappa shape index (κ2) is 6.08. The van der Waals surface area contributed by atoms with Crippen molar-refractivity contribution in [2.24, 2.45) is 0 Å². The molecule has 1 aromatic carbocycles. The number of alkyl halides is 3. The number of carbonyl (C=O) groups excluding carboxylic acids is 1. The van der Waals surface area contributed by atoms with Crippen molar-refractivity contribution in [2.45, 2.75) is 13.1 Å². The lowest BCUT2D eigenvalue weighted by Gasteiger charge is -2.07. The van der Waals surface area contributed by atoms with Gasteiger partial charge < -0.3 is 9.47 Å². The smallest absolute Gasteiger partial charge is 0.436 e. The summed E-state index contributed by atoms with van der Waals surface area (Å²) in [5, 5.41) is 3.47. The average Bonchev–Trinajstić information content (AvgIpc) is 2.92. The number of esters is 1. The molecule has 118 valence electrons. The Morgan fingerprint density at radius 1 is 1.32 bits per heavy atom. The normalized spacial score (nSPS) is 11.3. The van der Waals surface area contributed by atoms with Gasteiger partial charge in [-0.15, -0.1) is 0 Å². The Kier molecular flexibility index (Phi) is 4.39. The molecule has 2 rings (SSSR count). The van der Waals surface area contributed by atoms with Crippen LogP contribution >= 0.6 is 0 Å². The molecule has 8 heteroatoms. The molecule has 0 N–H and O–H groups in total. The van der Waals surface area contributed by atoms with Crippen LogP contribution in [0.15, 0.2) is 30.5 Å². The second-order valence-corrected chi connectivity index (χ2v) is 4.23. The number of para-hydroxylation sites is 2. The monoisotopic (exact) mass is 314 g/mol. The van der Waals surface area contributed by atoms with Crippen molar-refractivity contribution in [1.29, 1.82) is 0 Å². The van der Waals surface area contributed by atoms with E-state index in [0.717, 1.165) is 10.9 Å². The average molecular weight is 314 g/mol. The summed E-state index contributed by atoms with van der Waals surface area (Å²) in [5.74, 6) is -0.745. The van der Waals surface area contributed by atoms with Crippen LogP contribution in [-0.4, -0.2) is 29.5 Å². The fourth-order valence-corrected chi connectivity index (χ4v) is 1.88. The second-order valence-electron chi connectivity index (χ2n) is 4.23. The Hall–Kier alpha value is -2.51. The van der Waals surface area contributed by atoms with Crippen molar-refractivity contribution >= 4 is 5.97 Å². The number of methoxy groups -OCH3 is 1. The molecule has 1 heterocycles. The lowest BCUT2D eigenvalue weighted by Crippen LogP contribution is -2.14. The summed E-state index contributed by atoms with van der Waals surface area (Å²) in [6.07, 6.45) is -3.78. The van der Waals surface area contributed by atoms with Gasteiger partial charge in [0.05, 0.1) is 13.7 Å². The molecule has 0 amide bonds. The Balaban J connectivity index is 2.57. The van der Waals surface area contributed by atoms with Crippen LogP contribution < -0.4 is 4.74 Å². The third-order valence-corrected chi connectivity index (χ3v) is 2.81. The van der Waals surface area contributed by atoms with Crippen molar-refractivity contribution in [1.82, 2.24) is 9.78 Å². The molecule has 0 aliphatic carbocycles. The van der Waals surface area contributed by atoms with Crippen LogP contribution in [0, 0.1) is 0 Å². The van der Waals surface area contributed by atoms with E-state index in [1.807, 2.05) is 0 Å². The Morgan fingerprint density at radius 3 is 2.59 bits per heavy atom. The van der Waals surface area contributed by atoms with E-state index in [0.29, 0.717) is 5.75 Å². The number of carbonyl (C=O) groups is 1. The maximum absolute atomic E-state index is 13.0. The van der Waals surface area contributed by atoms with Crippen LogP contribution in [-0.2, 0) is 10.9 Å². The van der Waals surface area contributed by atoms with E-state index < -0.39 is 23.4 Å². The predicted molar refractivity (Wildman–Crippen MR) is 71.1 cm³/mol. The van der Waals surface area contributed by atoms with Gasteiger partial charge in [0.15, 0.2) is 5.69 Å². The first-order chi connectivity index (χ1) is 10.4. The quantitative estimate of drug-likeness (QED) is 0.814. The zero-order chi connectivity index (χ0) is 16.3. The third-order valence-electron chi connectivity index (χ3n) is 2.81. The first-order valence-corrected chi connectivity index (χ1v) is 6.35. The van der Waals surface area contributed by atoms with Crippen LogP contribution in [0.1, 0.15) is 23.0 Å². The van der Waals surface area contributed by atoms with E-state index >= 15 is 0 Å². The van der Waals surface area contributed by atoms with Gasteiger partial charge in [0, 0.05) is 6.20 Å². The van der Waals surface area contributed by atoms with E-state index in [1.165, 1.54) is 20.1 Å². The highest BCUT2D eigenvalue weighted by Crippen LogP contribution is 2.33. The predicted octanol–water partition coefficient (Wildman–Crippen LogP) is 3.08. The van der Waals surface area contributed by atoms with Gasteiger partial charge in [-0.2, -0.15) is 18.3 Å². The SMILES string of the molecule is CCOC(=O)c1cn(-c2ccccc2OC)nc1C(F)(F)F. The Bertz CT molecular complexity index is 680. The molecule has 5 nitrogen and oxygen atoms in total. The summed E-state index contributed by atoms with van der Waals surface area (Å²) < 4.78 is 49.8. The molecule has 0 spiro atoms. The molecule has 0 saturated heterocycles. The molecule has 0 atom stereocenters. The topological polar surface area (TPSA) is 53.4 Å². The van der Waals surface area contributed by atoms with Crippen LogP contribution in [0.4, 0.5) is 13.2 Å². The van der Waals surface area contributed by atoms with Crippen LogP contribution in [0.25, 0.3) is 5.69 Å². The molecule has 0 fully saturated rings. The molecule has 0 aliphatic heterocycles. The van der Waals surface area contributed by atoms with Gasteiger partial charge in [0.1, 0.15) is 17.0 Å². The van der Waals surface area contributed by atoms with E-state index in [-0.39, 0.29) is 12.3 Å². The lowest BCUT2D eigenvalue weighted by atomic mass is 10.2. The van der Waals surface area contributed by atoms with Crippen LogP contribution in [0.5, 0.6) is 5.75 Å². The number of ether oxygens (including phenoxy) is 2. The summed E-state index contributed by atoms with van der Waals surface area (Å²) in [6, 6.07) is 6.40. The highest BCUT2D eigenvalue weighted by Gasteiger charge is 2.40. The number of hydrogen-bond acceptors (Lipinski definition) is 4. The first-order valence-electron chi connectivity index (χ1n) is 6.35. The summed E-state index contributed by atoms with van der Waals surface area (Å²) in [4.78, 5) is 11.7. The number of halogens is 3. The van der Waals surface area contributed by atoms with E-state index in [2.05, 4.69) is 9.84 Å². The minimum absolute atomic E-state index is 0.0318. The van der Waals surface area contributed by atoms with Gasteiger partial charge in [0.2, 0.25) is 0 Å². The van der Waals surface area contributed by atoms with Crippen molar-refractivity contribution in [2.75, 3.05) is 13.7 Å². The fourth-order valence-electron chi connectivity index (χ4n) is 1.88. The zero-order valence-corrected chi connectivity index (χ0v) is 11.8.